The summed E-state index contributed by atoms with van der Waals surface area (Å²) >= 11 is 1.23. The summed E-state index contributed by atoms with van der Waals surface area (Å²) in [6.07, 6.45) is 6.76. The van der Waals surface area contributed by atoms with Gasteiger partial charge in [0.2, 0.25) is 0 Å². The average Bonchev–Trinajstić information content (AvgIpc) is 3.36. The number of hydrogen-bond acceptors (Lipinski definition) is 9. The molecule has 166 valence electrons. The van der Waals surface area contributed by atoms with Crippen molar-refractivity contribution in [2.24, 2.45) is 12.2 Å². The van der Waals surface area contributed by atoms with Crippen LogP contribution in [-0.2, 0) is 23.2 Å². The number of carbonyl (C=O) groups excluding carboxylic acids is 1. The molecule has 3 aromatic rings. The molecule has 0 saturated heterocycles. The molecule has 1 aromatic carbocycles. The van der Waals surface area contributed by atoms with Gasteiger partial charge in [0.25, 0.3) is 0 Å². The van der Waals surface area contributed by atoms with E-state index >= 15 is 0 Å². The number of ether oxygens (including phenoxy) is 1. The van der Waals surface area contributed by atoms with Crippen molar-refractivity contribution in [2.75, 3.05) is 11.9 Å². The number of amides is 1. The van der Waals surface area contributed by atoms with Crippen LogP contribution in [0.15, 0.2) is 50.2 Å². The van der Waals surface area contributed by atoms with Gasteiger partial charge in [-0.3, -0.25) is 5.32 Å². The number of anilines is 1. The Hall–Kier alpha value is -3.91. The van der Waals surface area contributed by atoms with Crippen molar-refractivity contribution >= 4 is 28.3 Å². The molecule has 0 aliphatic heterocycles. The number of benzene rings is 1. The van der Waals surface area contributed by atoms with Crippen molar-refractivity contribution in [3.63, 3.8) is 0 Å². The van der Waals surface area contributed by atoms with Crippen LogP contribution in [0.25, 0.3) is 0 Å². The summed E-state index contributed by atoms with van der Waals surface area (Å²) in [5.74, 6) is 2.03. The van der Waals surface area contributed by atoms with E-state index in [1.807, 2.05) is 30.3 Å². The first-order chi connectivity index (χ1) is 15.6. The van der Waals surface area contributed by atoms with Crippen LogP contribution in [0.5, 0.6) is 0 Å². The molecule has 0 saturated carbocycles. The lowest BCUT2D eigenvalue weighted by molar-refractivity contribution is 0.128. The van der Waals surface area contributed by atoms with E-state index in [4.69, 9.17) is 20.5 Å². The fraction of sp³-hybridized carbons (Fsp3) is 0.286. The molecule has 3 rings (SSSR count). The average molecular weight is 455 g/mol. The highest BCUT2D eigenvalue weighted by molar-refractivity contribution is 7.13. The lowest BCUT2D eigenvalue weighted by Crippen LogP contribution is -2.14. The van der Waals surface area contributed by atoms with E-state index in [0.29, 0.717) is 34.9 Å². The van der Waals surface area contributed by atoms with Crippen LogP contribution in [0, 0.1) is 12.3 Å². The molecular weight excluding hydrogens is 434 g/mol. The van der Waals surface area contributed by atoms with E-state index in [0.717, 1.165) is 6.42 Å². The fourth-order valence-electron chi connectivity index (χ4n) is 2.57. The minimum absolute atomic E-state index is 0.0431. The zero-order valence-corrected chi connectivity index (χ0v) is 18.1. The van der Waals surface area contributed by atoms with E-state index in [1.165, 1.54) is 16.1 Å². The van der Waals surface area contributed by atoms with Crippen LogP contribution in [0.2, 0.25) is 0 Å². The fourth-order valence-corrected chi connectivity index (χ4v) is 3.25. The SMILES string of the molecule is C#CCCCCOC(=O)Nc1nc(CO/N=C(/c2ccccc2)c2nc(=O)on2C)cs1. The molecule has 0 unspecified atom stereocenters. The van der Waals surface area contributed by atoms with Gasteiger partial charge >= 0.3 is 11.8 Å². The second-order valence-electron chi connectivity index (χ2n) is 6.44. The number of aromatic nitrogens is 3. The van der Waals surface area contributed by atoms with Gasteiger partial charge in [0.05, 0.1) is 12.3 Å². The summed E-state index contributed by atoms with van der Waals surface area (Å²) in [5, 5.41) is 8.82. The van der Waals surface area contributed by atoms with Crippen LogP contribution < -0.4 is 11.1 Å². The monoisotopic (exact) mass is 455 g/mol. The summed E-state index contributed by atoms with van der Waals surface area (Å²) in [4.78, 5) is 36.8. The van der Waals surface area contributed by atoms with Crippen molar-refractivity contribution in [2.45, 2.75) is 25.9 Å². The van der Waals surface area contributed by atoms with Gasteiger partial charge in [0, 0.05) is 24.4 Å². The van der Waals surface area contributed by atoms with Crippen LogP contribution >= 0.6 is 11.3 Å². The Morgan fingerprint density at radius 1 is 1.31 bits per heavy atom. The number of unbranched alkanes of at least 4 members (excludes halogenated alkanes) is 2. The number of thiazole rings is 1. The third-order valence-electron chi connectivity index (χ3n) is 4.05. The minimum Gasteiger partial charge on any atom is -0.449 e. The quantitative estimate of drug-likeness (QED) is 0.216. The maximum atomic E-state index is 11.8. The number of carbonyl (C=O) groups is 1. The Balaban J connectivity index is 1.59. The topological polar surface area (TPSA) is 121 Å². The molecule has 1 N–H and O–H groups in total. The van der Waals surface area contributed by atoms with E-state index in [2.05, 4.69) is 26.4 Å². The summed E-state index contributed by atoms with van der Waals surface area (Å²) in [6, 6.07) is 9.13. The normalized spacial score (nSPS) is 11.1. The molecular formula is C21H21N5O5S. The first kappa shape index (κ1) is 22.8. The third-order valence-corrected chi connectivity index (χ3v) is 4.85. The lowest BCUT2D eigenvalue weighted by Gasteiger charge is -2.05. The highest BCUT2D eigenvalue weighted by atomic mass is 32.1. The maximum Gasteiger partial charge on any atom is 0.460 e. The predicted octanol–water partition coefficient (Wildman–Crippen LogP) is 3.15. The third kappa shape index (κ3) is 6.55. The Kier molecular flexibility index (Phi) is 8.16. The van der Waals surface area contributed by atoms with Gasteiger partial charge in [-0.25, -0.2) is 14.6 Å². The van der Waals surface area contributed by atoms with Gasteiger partial charge in [-0.15, -0.1) is 23.7 Å². The highest BCUT2D eigenvalue weighted by Crippen LogP contribution is 2.17. The number of nitrogens with zero attached hydrogens (tertiary/aromatic N) is 4. The van der Waals surface area contributed by atoms with Crippen molar-refractivity contribution in [3.05, 3.63) is 63.3 Å². The van der Waals surface area contributed by atoms with E-state index < -0.39 is 11.8 Å². The summed E-state index contributed by atoms with van der Waals surface area (Å²) in [7, 11) is 1.55. The molecule has 0 aliphatic rings. The van der Waals surface area contributed by atoms with Gasteiger partial charge < -0.3 is 14.1 Å². The Morgan fingerprint density at radius 3 is 2.84 bits per heavy atom. The first-order valence-corrected chi connectivity index (χ1v) is 10.6. The molecule has 0 fully saturated rings. The smallest absolute Gasteiger partial charge is 0.449 e. The summed E-state index contributed by atoms with van der Waals surface area (Å²) < 4.78 is 11.2. The number of aryl methyl sites for hydroxylation is 1. The number of hydrogen-bond donors (Lipinski definition) is 1. The van der Waals surface area contributed by atoms with Crippen LogP contribution in [0.4, 0.5) is 9.93 Å². The predicted molar refractivity (Wildman–Crippen MR) is 118 cm³/mol. The van der Waals surface area contributed by atoms with E-state index in [-0.39, 0.29) is 19.0 Å². The second kappa shape index (κ2) is 11.5. The standard InChI is InChI=1S/C21H21N5O5S/c1-3-4-5-9-12-29-20(27)24-19-22-16(14-32-19)13-30-25-17(15-10-7-6-8-11-15)18-23-21(28)31-26(18)2/h1,6-8,10-11,14H,4-5,9,12-13H2,2H3,(H,22,24,27)/b25-17-. The second-order valence-corrected chi connectivity index (χ2v) is 7.29. The maximum absolute atomic E-state index is 11.8. The molecule has 11 heteroatoms. The molecule has 0 atom stereocenters. The Labute approximate surface area is 187 Å². The zero-order chi connectivity index (χ0) is 22.8. The summed E-state index contributed by atoms with van der Waals surface area (Å²) in [6.45, 7) is 0.331. The first-order valence-electron chi connectivity index (χ1n) is 9.68. The zero-order valence-electron chi connectivity index (χ0n) is 17.3. The van der Waals surface area contributed by atoms with E-state index in [1.54, 1.807) is 12.4 Å². The van der Waals surface area contributed by atoms with Crippen LogP contribution in [0.3, 0.4) is 0 Å². The molecule has 10 nitrogen and oxygen atoms in total. The summed E-state index contributed by atoms with van der Waals surface area (Å²) in [5.41, 5.74) is 1.59. The number of rotatable bonds is 10. The van der Waals surface area contributed by atoms with Gasteiger partial charge in [-0.1, -0.05) is 35.5 Å². The molecule has 2 aromatic heterocycles. The van der Waals surface area contributed by atoms with Crippen molar-refractivity contribution < 1.29 is 18.9 Å². The molecule has 0 aliphatic carbocycles. The van der Waals surface area contributed by atoms with Crippen LogP contribution in [0.1, 0.15) is 36.3 Å². The van der Waals surface area contributed by atoms with Crippen molar-refractivity contribution in [1.82, 2.24) is 14.7 Å². The van der Waals surface area contributed by atoms with Gasteiger partial charge in [-0.05, 0) is 12.8 Å². The Morgan fingerprint density at radius 2 is 2.12 bits per heavy atom. The molecule has 0 spiro atoms. The van der Waals surface area contributed by atoms with Gasteiger partial charge in [-0.2, -0.15) is 9.72 Å². The largest absolute Gasteiger partial charge is 0.460 e. The molecule has 0 radical (unpaired) electrons. The molecule has 0 bridgehead atoms. The number of terminal acetylenes is 1. The van der Waals surface area contributed by atoms with Gasteiger partial charge in [0.1, 0.15) is 0 Å². The van der Waals surface area contributed by atoms with Crippen molar-refractivity contribution in [1.29, 1.82) is 0 Å². The lowest BCUT2D eigenvalue weighted by atomic mass is 10.1. The van der Waals surface area contributed by atoms with E-state index in [9.17, 15) is 9.59 Å². The number of nitrogens with one attached hydrogen (secondary N) is 1. The molecule has 2 heterocycles. The number of oxime groups is 1. The molecule has 32 heavy (non-hydrogen) atoms. The van der Waals surface area contributed by atoms with Crippen molar-refractivity contribution in [3.8, 4) is 12.3 Å². The Bertz CT molecular complexity index is 1160. The van der Waals surface area contributed by atoms with Gasteiger partial charge in [0.15, 0.2) is 23.3 Å². The minimum atomic E-state index is -0.732. The highest BCUT2D eigenvalue weighted by Gasteiger charge is 2.16. The molecule has 1 amide bonds. The van der Waals surface area contributed by atoms with Crippen LogP contribution in [-0.4, -0.2) is 33.1 Å².